The van der Waals surface area contributed by atoms with E-state index in [2.05, 4.69) is 217 Å². The molecular formula is C44H37N3. The van der Waals surface area contributed by atoms with Gasteiger partial charge in [-0.2, -0.15) is 0 Å². The van der Waals surface area contributed by atoms with Crippen LogP contribution >= 0.6 is 0 Å². The lowest BCUT2D eigenvalue weighted by Gasteiger charge is -2.29. The number of anilines is 9. The summed E-state index contributed by atoms with van der Waals surface area (Å²) in [6, 6.07) is 66.7. The third-order valence-electron chi connectivity index (χ3n) is 8.30. The molecule has 0 N–H and O–H groups in total. The highest BCUT2D eigenvalue weighted by atomic mass is 15.2. The molecule has 3 heteroatoms. The molecule has 3 nitrogen and oxygen atoms in total. The van der Waals surface area contributed by atoms with E-state index in [1.165, 1.54) is 11.1 Å². The van der Waals surface area contributed by atoms with E-state index >= 15 is 0 Å². The standard InChI is InChI=1S/C44H37N3/c1-34-14-12-22-43(32-34)46(37-18-8-4-9-19-37)41-28-24-39(25-29-41)45(36-16-6-3-7-17-36)40-26-30-42(31-27-40)47(38-20-10-5-11-21-38)44-23-13-15-35(2)33-44/h3-33H,1-2H3. The largest absolute Gasteiger partial charge is 0.311 e. The van der Waals surface area contributed by atoms with Gasteiger partial charge >= 0.3 is 0 Å². The molecule has 0 aliphatic rings. The van der Waals surface area contributed by atoms with Crippen molar-refractivity contribution in [3.05, 3.63) is 199 Å². The van der Waals surface area contributed by atoms with E-state index in [0.717, 1.165) is 51.2 Å². The van der Waals surface area contributed by atoms with Crippen LogP contribution in [0, 0.1) is 13.8 Å². The maximum atomic E-state index is 2.31. The highest BCUT2D eigenvalue weighted by Gasteiger charge is 2.17. The normalized spacial score (nSPS) is 10.8. The molecule has 0 unspecified atom stereocenters. The molecule has 0 aromatic heterocycles. The summed E-state index contributed by atoms with van der Waals surface area (Å²) in [6.07, 6.45) is 0. The molecule has 7 rings (SSSR count). The minimum Gasteiger partial charge on any atom is -0.311 e. The Balaban J connectivity index is 1.27. The molecule has 47 heavy (non-hydrogen) atoms. The number of benzene rings is 7. The van der Waals surface area contributed by atoms with Crippen LogP contribution in [0.2, 0.25) is 0 Å². The first-order valence-corrected chi connectivity index (χ1v) is 16.0. The highest BCUT2D eigenvalue weighted by Crippen LogP contribution is 2.41. The second kappa shape index (κ2) is 13.5. The molecule has 7 aromatic rings. The minimum absolute atomic E-state index is 1.09. The summed E-state index contributed by atoms with van der Waals surface area (Å²) in [5, 5.41) is 0. The van der Waals surface area contributed by atoms with Crippen LogP contribution < -0.4 is 14.7 Å². The van der Waals surface area contributed by atoms with Crippen molar-refractivity contribution in [1.82, 2.24) is 0 Å². The number of rotatable bonds is 9. The summed E-state index contributed by atoms with van der Waals surface area (Å²) in [7, 11) is 0. The van der Waals surface area contributed by atoms with Crippen LogP contribution in [0.25, 0.3) is 0 Å². The van der Waals surface area contributed by atoms with Crippen LogP contribution in [0.4, 0.5) is 51.2 Å². The number of hydrogen-bond donors (Lipinski definition) is 0. The SMILES string of the molecule is Cc1cccc(N(c2ccccc2)c2ccc(N(c3ccccc3)c3ccc(N(c4ccccc4)c4cccc(C)c4)cc3)cc2)c1. The van der Waals surface area contributed by atoms with Crippen molar-refractivity contribution in [1.29, 1.82) is 0 Å². The summed E-state index contributed by atoms with van der Waals surface area (Å²) in [5.41, 5.74) is 12.5. The molecule has 228 valence electrons. The lowest BCUT2D eigenvalue weighted by Crippen LogP contribution is -2.13. The van der Waals surface area contributed by atoms with Crippen LogP contribution in [0.1, 0.15) is 11.1 Å². The fourth-order valence-corrected chi connectivity index (χ4v) is 6.11. The Bertz CT molecular complexity index is 1910. The highest BCUT2D eigenvalue weighted by molar-refractivity contribution is 5.83. The van der Waals surface area contributed by atoms with Gasteiger partial charge in [-0.1, -0.05) is 78.9 Å². The quantitative estimate of drug-likeness (QED) is 0.162. The molecule has 0 aliphatic heterocycles. The van der Waals surface area contributed by atoms with Gasteiger partial charge in [0.05, 0.1) is 0 Å². The summed E-state index contributed by atoms with van der Waals surface area (Å²) >= 11 is 0. The number of para-hydroxylation sites is 3. The van der Waals surface area contributed by atoms with Gasteiger partial charge in [-0.05, 0) is 134 Å². The predicted octanol–water partition coefficient (Wildman–Crippen LogP) is 12.7. The van der Waals surface area contributed by atoms with Crippen molar-refractivity contribution in [3.63, 3.8) is 0 Å². The number of hydrogen-bond acceptors (Lipinski definition) is 3. The van der Waals surface area contributed by atoms with Gasteiger partial charge in [0.25, 0.3) is 0 Å². The van der Waals surface area contributed by atoms with E-state index in [1.807, 2.05) is 0 Å². The average molecular weight is 608 g/mol. The molecule has 0 saturated heterocycles. The van der Waals surface area contributed by atoms with Gasteiger partial charge in [0.2, 0.25) is 0 Å². The van der Waals surface area contributed by atoms with Gasteiger partial charge in [-0.15, -0.1) is 0 Å². The van der Waals surface area contributed by atoms with Crippen LogP contribution in [0.15, 0.2) is 188 Å². The molecule has 0 saturated carbocycles. The van der Waals surface area contributed by atoms with Gasteiger partial charge in [0, 0.05) is 51.2 Å². The van der Waals surface area contributed by atoms with Crippen LogP contribution in [-0.4, -0.2) is 0 Å². The first-order chi connectivity index (χ1) is 23.1. The van der Waals surface area contributed by atoms with E-state index < -0.39 is 0 Å². The van der Waals surface area contributed by atoms with Crippen molar-refractivity contribution in [3.8, 4) is 0 Å². The van der Waals surface area contributed by atoms with Crippen molar-refractivity contribution in [2.75, 3.05) is 14.7 Å². The zero-order valence-electron chi connectivity index (χ0n) is 26.7. The van der Waals surface area contributed by atoms with E-state index in [-0.39, 0.29) is 0 Å². The summed E-state index contributed by atoms with van der Waals surface area (Å²) in [4.78, 5) is 6.93. The van der Waals surface area contributed by atoms with Crippen molar-refractivity contribution in [2.24, 2.45) is 0 Å². The summed E-state index contributed by atoms with van der Waals surface area (Å²) < 4.78 is 0. The van der Waals surface area contributed by atoms with Crippen LogP contribution in [-0.2, 0) is 0 Å². The lowest BCUT2D eigenvalue weighted by atomic mass is 10.1. The van der Waals surface area contributed by atoms with Crippen LogP contribution in [0.3, 0.4) is 0 Å². The Morgan fingerprint density at radius 2 is 0.468 bits per heavy atom. The molecule has 0 radical (unpaired) electrons. The van der Waals surface area contributed by atoms with Gasteiger partial charge in [0.1, 0.15) is 0 Å². The zero-order valence-corrected chi connectivity index (χ0v) is 26.7. The Kier molecular flexibility index (Phi) is 8.52. The second-order valence-electron chi connectivity index (χ2n) is 11.7. The van der Waals surface area contributed by atoms with Gasteiger partial charge < -0.3 is 14.7 Å². The Labute approximate surface area is 278 Å². The van der Waals surface area contributed by atoms with Crippen molar-refractivity contribution in [2.45, 2.75) is 13.8 Å². The summed E-state index contributed by atoms with van der Waals surface area (Å²) in [5.74, 6) is 0. The fourth-order valence-electron chi connectivity index (χ4n) is 6.11. The Morgan fingerprint density at radius 3 is 0.745 bits per heavy atom. The topological polar surface area (TPSA) is 9.72 Å². The minimum atomic E-state index is 1.09. The molecule has 0 fully saturated rings. The maximum Gasteiger partial charge on any atom is 0.0464 e. The van der Waals surface area contributed by atoms with E-state index in [9.17, 15) is 0 Å². The smallest absolute Gasteiger partial charge is 0.0464 e. The third kappa shape index (κ3) is 6.51. The van der Waals surface area contributed by atoms with Gasteiger partial charge in [-0.3, -0.25) is 0 Å². The average Bonchev–Trinajstić information content (AvgIpc) is 3.12. The zero-order chi connectivity index (χ0) is 32.0. The van der Waals surface area contributed by atoms with E-state index in [1.54, 1.807) is 0 Å². The second-order valence-corrected chi connectivity index (χ2v) is 11.7. The van der Waals surface area contributed by atoms with Gasteiger partial charge in [0.15, 0.2) is 0 Å². The first-order valence-electron chi connectivity index (χ1n) is 16.0. The van der Waals surface area contributed by atoms with Crippen molar-refractivity contribution >= 4 is 51.2 Å². The monoisotopic (exact) mass is 607 g/mol. The molecule has 0 spiro atoms. The number of aryl methyl sites for hydroxylation is 2. The third-order valence-corrected chi connectivity index (χ3v) is 8.30. The van der Waals surface area contributed by atoms with E-state index in [0.29, 0.717) is 0 Å². The predicted molar refractivity (Wildman–Crippen MR) is 200 cm³/mol. The summed E-state index contributed by atoms with van der Waals surface area (Å²) in [6.45, 7) is 4.28. The fraction of sp³-hybridized carbons (Fsp3) is 0.0455. The van der Waals surface area contributed by atoms with Gasteiger partial charge in [-0.25, -0.2) is 0 Å². The lowest BCUT2D eigenvalue weighted by molar-refractivity contribution is 1.24. The molecule has 0 bridgehead atoms. The molecular weight excluding hydrogens is 571 g/mol. The molecule has 0 atom stereocenters. The molecule has 0 amide bonds. The Hall–Kier alpha value is -6.06. The maximum absolute atomic E-state index is 2.31. The van der Waals surface area contributed by atoms with E-state index in [4.69, 9.17) is 0 Å². The van der Waals surface area contributed by atoms with Crippen molar-refractivity contribution < 1.29 is 0 Å². The molecule has 0 aliphatic carbocycles. The Morgan fingerprint density at radius 1 is 0.234 bits per heavy atom. The van der Waals surface area contributed by atoms with Crippen LogP contribution in [0.5, 0.6) is 0 Å². The first kappa shape index (κ1) is 29.6. The molecule has 7 aromatic carbocycles. The number of nitrogens with zero attached hydrogens (tertiary/aromatic N) is 3. The molecule has 0 heterocycles.